The van der Waals surface area contributed by atoms with Gasteiger partial charge in [-0.3, -0.25) is 29.8 Å². The predicted octanol–water partition coefficient (Wildman–Crippen LogP) is 4.65. The summed E-state index contributed by atoms with van der Waals surface area (Å²) in [4.78, 5) is 44.8. The van der Waals surface area contributed by atoms with Crippen LogP contribution in [0.4, 0.5) is 17.1 Å². The number of nitro benzene ring substituents is 2. The van der Waals surface area contributed by atoms with E-state index in [4.69, 9.17) is 0 Å². The molecule has 0 saturated heterocycles. The second-order valence-electron chi connectivity index (χ2n) is 6.39. The van der Waals surface area contributed by atoms with Crippen LogP contribution in [0.2, 0.25) is 0 Å². The monoisotopic (exact) mass is 417 g/mol. The Morgan fingerprint density at radius 2 is 1.35 bits per heavy atom. The molecule has 0 aliphatic carbocycles. The zero-order valence-corrected chi connectivity index (χ0v) is 15.9. The van der Waals surface area contributed by atoms with Gasteiger partial charge in [0.2, 0.25) is 0 Å². The molecule has 0 spiro atoms. The fourth-order valence-corrected chi connectivity index (χ4v) is 2.69. The maximum atomic E-state index is 12.4. The van der Waals surface area contributed by atoms with Crippen LogP contribution in [0.1, 0.15) is 26.3 Å². The number of rotatable bonds is 7. The average Bonchev–Trinajstić information content (AvgIpc) is 2.78. The third-order valence-electron chi connectivity index (χ3n) is 4.24. The number of non-ortho nitro benzene ring substituents is 2. The molecule has 0 atom stereocenters. The summed E-state index contributed by atoms with van der Waals surface area (Å²) in [6.45, 7) is 0. The number of anilines is 1. The van der Waals surface area contributed by atoms with Crippen LogP contribution in [-0.2, 0) is 0 Å². The zero-order valence-electron chi connectivity index (χ0n) is 15.9. The number of hydrogen-bond donors (Lipinski definition) is 1. The molecule has 3 aromatic carbocycles. The number of nitro groups is 2. The maximum absolute atomic E-state index is 12.4. The van der Waals surface area contributed by atoms with Gasteiger partial charge in [-0.25, -0.2) is 0 Å². The fraction of sp³-hybridized carbons (Fsp3) is 0. The van der Waals surface area contributed by atoms with E-state index in [0.717, 1.165) is 18.2 Å². The Kier molecular flexibility index (Phi) is 6.27. The summed E-state index contributed by atoms with van der Waals surface area (Å²) in [5.74, 6) is -0.875. The molecule has 9 nitrogen and oxygen atoms in total. The number of nitrogens with zero attached hydrogens (tertiary/aromatic N) is 2. The number of nitrogens with one attached hydrogen (secondary N) is 1. The summed E-state index contributed by atoms with van der Waals surface area (Å²) >= 11 is 0. The van der Waals surface area contributed by atoms with E-state index in [1.54, 1.807) is 54.6 Å². The minimum absolute atomic E-state index is 0.148. The Balaban J connectivity index is 1.72. The average molecular weight is 417 g/mol. The lowest BCUT2D eigenvalue weighted by molar-refractivity contribution is -0.394. The lowest BCUT2D eigenvalue weighted by Crippen LogP contribution is -2.12. The van der Waals surface area contributed by atoms with E-state index in [2.05, 4.69) is 5.32 Å². The standard InChI is InChI=1S/C22H15N3O6/c26-21(16-4-2-1-3-5-16)11-8-15-6-9-18(10-7-15)23-22(27)17-12-19(24(28)29)14-20(13-17)25(30)31/h1-14H,(H,23,27). The molecule has 0 aliphatic heterocycles. The van der Waals surface area contributed by atoms with E-state index in [-0.39, 0.29) is 11.3 Å². The summed E-state index contributed by atoms with van der Waals surface area (Å²) in [5, 5.41) is 24.5. The van der Waals surface area contributed by atoms with Gasteiger partial charge in [0.1, 0.15) is 0 Å². The molecule has 0 aliphatic rings. The molecule has 0 unspecified atom stereocenters. The number of carbonyl (C=O) groups excluding carboxylic acids is 2. The molecule has 0 bridgehead atoms. The zero-order chi connectivity index (χ0) is 22.4. The van der Waals surface area contributed by atoms with Crippen molar-refractivity contribution in [1.29, 1.82) is 0 Å². The third kappa shape index (κ3) is 5.45. The molecular weight excluding hydrogens is 402 g/mol. The van der Waals surface area contributed by atoms with E-state index in [0.29, 0.717) is 16.8 Å². The van der Waals surface area contributed by atoms with Gasteiger partial charge in [-0.05, 0) is 23.8 Å². The van der Waals surface area contributed by atoms with E-state index in [1.165, 1.54) is 6.08 Å². The van der Waals surface area contributed by atoms with Crippen molar-refractivity contribution in [2.45, 2.75) is 0 Å². The number of hydrogen-bond acceptors (Lipinski definition) is 6. The topological polar surface area (TPSA) is 132 Å². The molecule has 1 N–H and O–H groups in total. The highest BCUT2D eigenvalue weighted by Crippen LogP contribution is 2.23. The largest absolute Gasteiger partial charge is 0.322 e. The molecule has 3 rings (SSSR count). The van der Waals surface area contributed by atoms with Crippen molar-refractivity contribution in [1.82, 2.24) is 0 Å². The van der Waals surface area contributed by atoms with Crippen LogP contribution in [0.5, 0.6) is 0 Å². The first-order chi connectivity index (χ1) is 14.8. The van der Waals surface area contributed by atoms with E-state index in [9.17, 15) is 29.8 Å². The van der Waals surface area contributed by atoms with E-state index in [1.807, 2.05) is 6.07 Å². The molecule has 3 aromatic rings. The Labute approximate surface area is 175 Å². The van der Waals surface area contributed by atoms with Gasteiger partial charge in [-0.15, -0.1) is 0 Å². The second kappa shape index (κ2) is 9.23. The van der Waals surface area contributed by atoms with Gasteiger partial charge < -0.3 is 5.32 Å². The maximum Gasteiger partial charge on any atom is 0.277 e. The third-order valence-corrected chi connectivity index (χ3v) is 4.24. The normalized spacial score (nSPS) is 10.6. The molecule has 0 aromatic heterocycles. The van der Waals surface area contributed by atoms with Gasteiger partial charge in [0, 0.05) is 23.4 Å². The van der Waals surface area contributed by atoms with Crippen molar-refractivity contribution in [3.8, 4) is 0 Å². The Morgan fingerprint density at radius 3 is 1.90 bits per heavy atom. The van der Waals surface area contributed by atoms with Crippen LogP contribution in [-0.4, -0.2) is 21.5 Å². The number of benzene rings is 3. The molecule has 154 valence electrons. The molecule has 9 heteroatoms. The number of allylic oxidation sites excluding steroid dienone is 1. The van der Waals surface area contributed by atoms with Crippen molar-refractivity contribution in [3.63, 3.8) is 0 Å². The van der Waals surface area contributed by atoms with Crippen LogP contribution in [0, 0.1) is 20.2 Å². The highest BCUT2D eigenvalue weighted by molar-refractivity contribution is 6.07. The van der Waals surface area contributed by atoms with Crippen molar-refractivity contribution < 1.29 is 19.4 Å². The fourth-order valence-electron chi connectivity index (χ4n) is 2.69. The molecule has 0 fully saturated rings. The van der Waals surface area contributed by atoms with Crippen molar-refractivity contribution >= 4 is 34.8 Å². The minimum atomic E-state index is -0.804. The van der Waals surface area contributed by atoms with Crippen LogP contribution in [0.25, 0.3) is 6.08 Å². The molecule has 31 heavy (non-hydrogen) atoms. The first-order valence-electron chi connectivity index (χ1n) is 8.96. The number of amides is 1. The molecule has 0 radical (unpaired) electrons. The molecule has 1 amide bonds. The highest BCUT2D eigenvalue weighted by atomic mass is 16.6. The number of carbonyl (C=O) groups is 2. The van der Waals surface area contributed by atoms with Gasteiger partial charge in [0.25, 0.3) is 17.3 Å². The summed E-state index contributed by atoms with van der Waals surface area (Å²) < 4.78 is 0. The van der Waals surface area contributed by atoms with E-state index >= 15 is 0 Å². The van der Waals surface area contributed by atoms with Crippen LogP contribution >= 0.6 is 0 Å². The second-order valence-corrected chi connectivity index (χ2v) is 6.39. The van der Waals surface area contributed by atoms with Crippen LogP contribution in [0.3, 0.4) is 0 Å². The molecule has 0 saturated carbocycles. The summed E-state index contributed by atoms with van der Waals surface area (Å²) in [6, 6.07) is 18.0. The Bertz CT molecular complexity index is 1160. The van der Waals surface area contributed by atoms with Gasteiger partial charge in [-0.1, -0.05) is 48.5 Å². The van der Waals surface area contributed by atoms with Crippen LogP contribution < -0.4 is 5.32 Å². The lowest BCUT2D eigenvalue weighted by Gasteiger charge is -2.06. The summed E-state index contributed by atoms with van der Waals surface area (Å²) in [5.41, 5.74) is 0.344. The quantitative estimate of drug-likeness (QED) is 0.257. The smallest absolute Gasteiger partial charge is 0.277 e. The van der Waals surface area contributed by atoms with E-state index < -0.39 is 27.1 Å². The minimum Gasteiger partial charge on any atom is -0.322 e. The van der Waals surface area contributed by atoms with Gasteiger partial charge in [0.05, 0.1) is 21.5 Å². The first-order valence-corrected chi connectivity index (χ1v) is 8.96. The van der Waals surface area contributed by atoms with Gasteiger partial charge >= 0.3 is 0 Å². The van der Waals surface area contributed by atoms with Crippen molar-refractivity contribution in [3.05, 3.63) is 116 Å². The summed E-state index contributed by atoms with van der Waals surface area (Å²) in [7, 11) is 0. The molecular formula is C22H15N3O6. The first kappa shape index (κ1) is 21.1. The molecule has 0 heterocycles. The van der Waals surface area contributed by atoms with Gasteiger partial charge in [0.15, 0.2) is 5.78 Å². The van der Waals surface area contributed by atoms with Crippen molar-refractivity contribution in [2.24, 2.45) is 0 Å². The Morgan fingerprint density at radius 1 is 0.774 bits per heavy atom. The summed E-state index contributed by atoms with van der Waals surface area (Å²) in [6.07, 6.45) is 3.07. The van der Waals surface area contributed by atoms with Crippen molar-refractivity contribution in [2.75, 3.05) is 5.32 Å². The van der Waals surface area contributed by atoms with Gasteiger partial charge in [-0.2, -0.15) is 0 Å². The Hall–Kier alpha value is -4.66. The predicted molar refractivity (Wildman–Crippen MR) is 114 cm³/mol. The lowest BCUT2D eigenvalue weighted by atomic mass is 10.1. The van der Waals surface area contributed by atoms with Crippen LogP contribution in [0.15, 0.2) is 78.9 Å². The number of ketones is 1. The highest BCUT2D eigenvalue weighted by Gasteiger charge is 2.20. The SMILES string of the molecule is O=C(C=Cc1ccc(NC(=O)c2cc([N+](=O)[O-])cc([N+](=O)[O-])c2)cc1)c1ccccc1.